The molecule has 0 spiro atoms. The third kappa shape index (κ3) is 2.97. The molecule has 0 bridgehead atoms. The Hall–Kier alpha value is -1.20. The van der Waals surface area contributed by atoms with Crippen molar-refractivity contribution in [3.63, 3.8) is 0 Å². The Balaban J connectivity index is 2.15. The summed E-state index contributed by atoms with van der Waals surface area (Å²) in [5, 5.41) is 9.15. The van der Waals surface area contributed by atoms with Crippen molar-refractivity contribution < 1.29 is 0 Å². The summed E-state index contributed by atoms with van der Waals surface area (Å²) in [6.07, 6.45) is 2.89. The van der Waals surface area contributed by atoms with Crippen molar-refractivity contribution in [3.05, 3.63) is 33.5 Å². The van der Waals surface area contributed by atoms with E-state index >= 15 is 0 Å². The van der Waals surface area contributed by atoms with Gasteiger partial charge in [0, 0.05) is 24.5 Å². The highest BCUT2D eigenvalue weighted by molar-refractivity contribution is 7.11. The Morgan fingerprint density at radius 1 is 1.44 bits per heavy atom. The minimum absolute atomic E-state index is 0.251. The predicted molar refractivity (Wildman–Crippen MR) is 74.9 cm³/mol. The zero-order valence-electron chi connectivity index (χ0n) is 11.4. The van der Waals surface area contributed by atoms with E-state index in [0.29, 0.717) is 0 Å². The second-order valence-electron chi connectivity index (χ2n) is 4.48. The SMILES string of the molecule is CCNC(Cc1nc(C)c(C)s1)c1ccn(C)n1. The van der Waals surface area contributed by atoms with Crippen LogP contribution in [0.1, 0.15) is 34.2 Å². The fraction of sp³-hybridized carbons (Fsp3) is 0.538. The van der Waals surface area contributed by atoms with E-state index < -0.39 is 0 Å². The van der Waals surface area contributed by atoms with Gasteiger partial charge in [0.05, 0.1) is 22.4 Å². The van der Waals surface area contributed by atoms with E-state index in [1.807, 2.05) is 17.9 Å². The van der Waals surface area contributed by atoms with Gasteiger partial charge in [0.2, 0.25) is 0 Å². The molecule has 2 heterocycles. The molecule has 0 saturated carbocycles. The van der Waals surface area contributed by atoms with E-state index in [1.165, 1.54) is 9.88 Å². The van der Waals surface area contributed by atoms with Crippen LogP contribution in [-0.4, -0.2) is 21.3 Å². The van der Waals surface area contributed by atoms with Crippen LogP contribution in [-0.2, 0) is 13.5 Å². The van der Waals surface area contributed by atoms with E-state index in [-0.39, 0.29) is 6.04 Å². The van der Waals surface area contributed by atoms with E-state index in [4.69, 9.17) is 0 Å². The topological polar surface area (TPSA) is 42.7 Å². The van der Waals surface area contributed by atoms with E-state index in [1.54, 1.807) is 11.3 Å². The van der Waals surface area contributed by atoms with Crippen LogP contribution in [0.4, 0.5) is 0 Å². The molecule has 0 amide bonds. The Bertz CT molecular complexity index is 495. The largest absolute Gasteiger partial charge is 0.309 e. The van der Waals surface area contributed by atoms with Crippen LogP contribution >= 0.6 is 11.3 Å². The number of hydrogen-bond donors (Lipinski definition) is 1. The molecule has 4 nitrogen and oxygen atoms in total. The van der Waals surface area contributed by atoms with Crippen molar-refractivity contribution in [2.45, 2.75) is 33.2 Å². The van der Waals surface area contributed by atoms with Gasteiger partial charge in [0.25, 0.3) is 0 Å². The molecule has 0 fully saturated rings. The lowest BCUT2D eigenvalue weighted by molar-refractivity contribution is 0.526. The average Bonchev–Trinajstić information content (AvgIpc) is 2.86. The van der Waals surface area contributed by atoms with Crippen LogP contribution in [0.2, 0.25) is 0 Å². The molecule has 0 saturated heterocycles. The Kier molecular flexibility index (Phi) is 4.14. The van der Waals surface area contributed by atoms with Crippen molar-refractivity contribution in [1.29, 1.82) is 0 Å². The molecule has 0 radical (unpaired) electrons. The highest BCUT2D eigenvalue weighted by atomic mass is 32.1. The van der Waals surface area contributed by atoms with Gasteiger partial charge >= 0.3 is 0 Å². The predicted octanol–water partition coefficient (Wildman–Crippen LogP) is 2.39. The maximum atomic E-state index is 4.61. The number of rotatable bonds is 5. The van der Waals surface area contributed by atoms with Crippen LogP contribution in [0, 0.1) is 13.8 Å². The molecule has 0 aromatic carbocycles. The first-order chi connectivity index (χ1) is 8.60. The van der Waals surface area contributed by atoms with Crippen LogP contribution in [0.3, 0.4) is 0 Å². The van der Waals surface area contributed by atoms with Crippen molar-refractivity contribution >= 4 is 11.3 Å². The Morgan fingerprint density at radius 2 is 2.22 bits per heavy atom. The molecule has 1 atom stereocenters. The number of nitrogens with zero attached hydrogens (tertiary/aromatic N) is 3. The van der Waals surface area contributed by atoms with E-state index in [9.17, 15) is 0 Å². The molecular weight excluding hydrogens is 244 g/mol. The van der Waals surface area contributed by atoms with Crippen molar-refractivity contribution in [1.82, 2.24) is 20.1 Å². The molecular formula is C13H20N4S. The van der Waals surface area contributed by atoms with Crippen LogP contribution in [0.25, 0.3) is 0 Å². The first-order valence-corrected chi connectivity index (χ1v) is 7.07. The fourth-order valence-corrected chi connectivity index (χ4v) is 2.93. The number of aromatic nitrogens is 3. The third-order valence-corrected chi connectivity index (χ3v) is 4.09. The summed E-state index contributed by atoms with van der Waals surface area (Å²) in [5.74, 6) is 0. The Labute approximate surface area is 112 Å². The summed E-state index contributed by atoms with van der Waals surface area (Å²) in [6.45, 7) is 7.25. The number of thiazole rings is 1. The molecule has 18 heavy (non-hydrogen) atoms. The summed E-state index contributed by atoms with van der Waals surface area (Å²) in [7, 11) is 1.95. The van der Waals surface area contributed by atoms with Gasteiger partial charge in [0.15, 0.2) is 0 Å². The first kappa shape index (κ1) is 13.2. The lowest BCUT2D eigenvalue weighted by atomic mass is 10.1. The molecule has 2 rings (SSSR count). The van der Waals surface area contributed by atoms with Gasteiger partial charge in [-0.2, -0.15) is 5.10 Å². The van der Waals surface area contributed by atoms with Crippen LogP contribution in [0.5, 0.6) is 0 Å². The molecule has 98 valence electrons. The first-order valence-electron chi connectivity index (χ1n) is 6.26. The smallest absolute Gasteiger partial charge is 0.0950 e. The number of nitrogens with one attached hydrogen (secondary N) is 1. The van der Waals surface area contributed by atoms with Gasteiger partial charge in [-0.3, -0.25) is 4.68 Å². The zero-order chi connectivity index (χ0) is 13.1. The third-order valence-electron chi connectivity index (χ3n) is 2.99. The standard InChI is InChI=1S/C13H20N4S/c1-5-14-12(11-6-7-17(4)16-11)8-13-15-9(2)10(3)18-13/h6-7,12,14H,5,8H2,1-4H3. The van der Waals surface area contributed by atoms with Gasteiger partial charge in [-0.25, -0.2) is 4.98 Å². The van der Waals surface area contributed by atoms with E-state index in [2.05, 4.69) is 42.2 Å². The maximum absolute atomic E-state index is 4.61. The number of aryl methyl sites for hydroxylation is 3. The lowest BCUT2D eigenvalue weighted by Gasteiger charge is -2.13. The van der Waals surface area contributed by atoms with Gasteiger partial charge in [-0.15, -0.1) is 11.3 Å². The minimum atomic E-state index is 0.251. The maximum Gasteiger partial charge on any atom is 0.0950 e. The summed E-state index contributed by atoms with van der Waals surface area (Å²) in [6, 6.07) is 2.32. The average molecular weight is 264 g/mol. The van der Waals surface area contributed by atoms with Gasteiger partial charge in [-0.05, 0) is 26.5 Å². The highest BCUT2D eigenvalue weighted by Crippen LogP contribution is 2.22. The Morgan fingerprint density at radius 3 is 2.72 bits per heavy atom. The minimum Gasteiger partial charge on any atom is -0.309 e. The summed E-state index contributed by atoms with van der Waals surface area (Å²) < 4.78 is 1.85. The summed E-state index contributed by atoms with van der Waals surface area (Å²) in [5.41, 5.74) is 2.23. The van der Waals surface area contributed by atoms with Crippen molar-refractivity contribution in [2.24, 2.45) is 7.05 Å². The molecule has 0 aliphatic rings. The quantitative estimate of drug-likeness (QED) is 0.901. The van der Waals surface area contributed by atoms with Gasteiger partial charge < -0.3 is 5.32 Å². The van der Waals surface area contributed by atoms with Crippen LogP contribution in [0.15, 0.2) is 12.3 Å². The highest BCUT2D eigenvalue weighted by Gasteiger charge is 2.16. The number of hydrogen-bond acceptors (Lipinski definition) is 4. The molecule has 5 heteroatoms. The zero-order valence-corrected chi connectivity index (χ0v) is 12.2. The molecule has 2 aromatic heterocycles. The van der Waals surface area contributed by atoms with E-state index in [0.717, 1.165) is 24.4 Å². The normalized spacial score (nSPS) is 12.9. The van der Waals surface area contributed by atoms with Gasteiger partial charge in [0.1, 0.15) is 0 Å². The second kappa shape index (κ2) is 5.63. The monoisotopic (exact) mass is 264 g/mol. The van der Waals surface area contributed by atoms with Crippen molar-refractivity contribution in [2.75, 3.05) is 6.54 Å². The van der Waals surface area contributed by atoms with Crippen molar-refractivity contribution in [3.8, 4) is 0 Å². The number of likely N-dealkylation sites (N-methyl/N-ethyl adjacent to an activating group) is 1. The summed E-state index contributed by atoms with van der Waals surface area (Å²) in [4.78, 5) is 5.92. The second-order valence-corrected chi connectivity index (χ2v) is 5.77. The van der Waals surface area contributed by atoms with Crippen LogP contribution < -0.4 is 5.32 Å². The molecule has 0 aliphatic carbocycles. The molecule has 2 aromatic rings. The molecule has 0 aliphatic heterocycles. The molecule has 1 unspecified atom stereocenters. The summed E-state index contributed by atoms with van der Waals surface area (Å²) >= 11 is 1.78. The molecule has 1 N–H and O–H groups in total. The fourth-order valence-electron chi connectivity index (χ4n) is 1.95. The van der Waals surface area contributed by atoms with Gasteiger partial charge in [-0.1, -0.05) is 6.92 Å². The lowest BCUT2D eigenvalue weighted by Crippen LogP contribution is -2.23.